The first-order valence-electron chi connectivity index (χ1n) is 9.31. The average molecular weight is 383 g/mol. The van der Waals surface area contributed by atoms with E-state index >= 15 is 0 Å². The van der Waals surface area contributed by atoms with Gasteiger partial charge in [0.05, 0.1) is 5.75 Å². The Morgan fingerprint density at radius 3 is 2.22 bits per heavy atom. The first-order chi connectivity index (χ1) is 12.9. The maximum absolute atomic E-state index is 12.5. The molecule has 2 amide bonds. The summed E-state index contributed by atoms with van der Waals surface area (Å²) in [5.74, 6) is 1.01. The van der Waals surface area contributed by atoms with Crippen molar-refractivity contribution in [2.24, 2.45) is 5.92 Å². The molecule has 0 aromatic heterocycles. The molecular formula is C22H26N2O2S. The molecule has 0 unspecified atom stereocenters. The van der Waals surface area contributed by atoms with E-state index in [1.165, 1.54) is 5.56 Å². The summed E-state index contributed by atoms with van der Waals surface area (Å²) in [5.41, 5.74) is 4.03. The van der Waals surface area contributed by atoms with Gasteiger partial charge in [-0.2, -0.15) is 0 Å². The minimum Gasteiger partial charge on any atom is -0.326 e. The number of anilines is 2. The molecule has 0 saturated carbocycles. The molecule has 1 heterocycles. The third-order valence-corrected chi connectivity index (χ3v) is 5.91. The van der Waals surface area contributed by atoms with Crippen LogP contribution in [0.1, 0.15) is 50.1 Å². The third kappa shape index (κ3) is 4.35. The van der Waals surface area contributed by atoms with Gasteiger partial charge in [-0.3, -0.25) is 14.5 Å². The fraction of sp³-hybridized carbons (Fsp3) is 0.364. The van der Waals surface area contributed by atoms with E-state index in [0.717, 1.165) is 16.9 Å². The Hall–Kier alpha value is -2.27. The number of hydrogen-bond donors (Lipinski definition) is 1. The average Bonchev–Trinajstić information content (AvgIpc) is 3.03. The second-order valence-corrected chi connectivity index (χ2v) is 8.51. The number of nitrogens with zero attached hydrogens (tertiary/aromatic N) is 1. The fourth-order valence-electron chi connectivity index (χ4n) is 2.99. The van der Waals surface area contributed by atoms with E-state index in [9.17, 15) is 9.59 Å². The number of rotatable bonds is 5. The lowest BCUT2D eigenvalue weighted by atomic mass is 10.0. The molecule has 2 aromatic rings. The quantitative estimate of drug-likeness (QED) is 0.775. The van der Waals surface area contributed by atoms with Crippen LogP contribution in [-0.2, 0) is 9.59 Å². The van der Waals surface area contributed by atoms with E-state index < -0.39 is 0 Å². The summed E-state index contributed by atoms with van der Waals surface area (Å²) >= 11 is 1.63. The number of amides is 2. The Labute approximate surface area is 165 Å². The Morgan fingerprint density at radius 1 is 1.04 bits per heavy atom. The maximum Gasteiger partial charge on any atom is 0.238 e. The van der Waals surface area contributed by atoms with Crippen LogP contribution in [0, 0.1) is 5.92 Å². The molecule has 4 nitrogen and oxygen atoms in total. The van der Waals surface area contributed by atoms with Crippen LogP contribution in [0.25, 0.3) is 0 Å². The molecule has 1 saturated heterocycles. The van der Waals surface area contributed by atoms with Crippen LogP contribution < -0.4 is 10.2 Å². The highest BCUT2D eigenvalue weighted by Gasteiger charge is 2.34. The number of thioether (sulfide) groups is 1. The van der Waals surface area contributed by atoms with E-state index in [4.69, 9.17) is 0 Å². The van der Waals surface area contributed by atoms with E-state index in [2.05, 4.69) is 31.3 Å². The highest BCUT2D eigenvalue weighted by atomic mass is 32.2. The number of carbonyl (C=O) groups excluding carboxylic acids is 2. The molecule has 0 spiro atoms. The zero-order valence-electron chi connectivity index (χ0n) is 16.2. The largest absolute Gasteiger partial charge is 0.326 e. The first-order valence-corrected chi connectivity index (χ1v) is 10.4. The summed E-state index contributed by atoms with van der Waals surface area (Å²) in [4.78, 5) is 26.2. The summed E-state index contributed by atoms with van der Waals surface area (Å²) in [7, 11) is 0. The molecule has 27 heavy (non-hydrogen) atoms. The monoisotopic (exact) mass is 382 g/mol. The SMILES string of the molecule is CC(C)C(=O)Nc1ccc([C@@H]2SCC(=O)N2c2ccc(C(C)C)cc2)cc1. The Balaban J connectivity index is 1.80. The van der Waals surface area contributed by atoms with Gasteiger partial charge < -0.3 is 5.32 Å². The van der Waals surface area contributed by atoms with Gasteiger partial charge in [0.25, 0.3) is 0 Å². The predicted molar refractivity (Wildman–Crippen MR) is 113 cm³/mol. The maximum atomic E-state index is 12.5. The predicted octanol–water partition coefficient (Wildman–Crippen LogP) is 5.18. The highest BCUT2D eigenvalue weighted by molar-refractivity contribution is 8.00. The van der Waals surface area contributed by atoms with E-state index in [1.54, 1.807) is 11.8 Å². The molecule has 0 radical (unpaired) electrons. The van der Waals surface area contributed by atoms with Gasteiger partial charge in [0, 0.05) is 17.3 Å². The van der Waals surface area contributed by atoms with Gasteiger partial charge in [-0.05, 0) is 41.3 Å². The molecule has 3 rings (SSSR count). The van der Waals surface area contributed by atoms with Gasteiger partial charge >= 0.3 is 0 Å². The van der Waals surface area contributed by atoms with Crippen LogP contribution in [0.4, 0.5) is 11.4 Å². The van der Waals surface area contributed by atoms with Crippen LogP contribution in [0.2, 0.25) is 0 Å². The molecule has 1 fully saturated rings. The van der Waals surface area contributed by atoms with Gasteiger partial charge in [-0.25, -0.2) is 0 Å². The van der Waals surface area contributed by atoms with Crippen LogP contribution in [-0.4, -0.2) is 17.6 Å². The minimum atomic E-state index is -0.0583. The lowest BCUT2D eigenvalue weighted by molar-refractivity contribution is -0.119. The highest BCUT2D eigenvalue weighted by Crippen LogP contribution is 2.42. The van der Waals surface area contributed by atoms with Crippen molar-refractivity contribution in [3.8, 4) is 0 Å². The van der Waals surface area contributed by atoms with Gasteiger partial charge in [-0.15, -0.1) is 11.8 Å². The summed E-state index contributed by atoms with van der Waals surface area (Å²) in [6.07, 6.45) is 0. The van der Waals surface area contributed by atoms with Crippen LogP contribution >= 0.6 is 11.8 Å². The summed E-state index contributed by atoms with van der Waals surface area (Å²) in [6, 6.07) is 16.0. The lowest BCUT2D eigenvalue weighted by Crippen LogP contribution is -2.27. The van der Waals surface area contributed by atoms with E-state index in [1.807, 2.05) is 55.1 Å². The van der Waals surface area contributed by atoms with Gasteiger partial charge in [-0.1, -0.05) is 52.0 Å². The molecule has 1 aliphatic rings. The Bertz CT molecular complexity index is 813. The van der Waals surface area contributed by atoms with Crippen molar-refractivity contribution >= 4 is 35.0 Å². The van der Waals surface area contributed by atoms with Crippen molar-refractivity contribution in [2.45, 2.75) is 39.0 Å². The van der Waals surface area contributed by atoms with Crippen molar-refractivity contribution in [1.82, 2.24) is 0 Å². The smallest absolute Gasteiger partial charge is 0.238 e. The van der Waals surface area contributed by atoms with Crippen molar-refractivity contribution in [3.63, 3.8) is 0 Å². The second-order valence-electron chi connectivity index (χ2n) is 7.44. The number of nitrogens with one attached hydrogen (secondary N) is 1. The molecule has 0 bridgehead atoms. The lowest BCUT2D eigenvalue weighted by Gasteiger charge is -2.25. The van der Waals surface area contributed by atoms with E-state index in [0.29, 0.717) is 11.7 Å². The van der Waals surface area contributed by atoms with Gasteiger partial charge in [0.2, 0.25) is 11.8 Å². The molecule has 1 N–H and O–H groups in total. The second kappa shape index (κ2) is 8.17. The fourth-order valence-corrected chi connectivity index (χ4v) is 4.16. The molecule has 1 aliphatic heterocycles. The zero-order chi connectivity index (χ0) is 19.6. The molecule has 2 aromatic carbocycles. The standard InChI is InChI=1S/C22H26N2O2S/c1-14(2)16-7-11-19(12-8-16)24-20(25)13-27-22(24)17-5-9-18(10-6-17)23-21(26)15(3)4/h5-12,14-15,22H,13H2,1-4H3,(H,23,26)/t22-/m0/s1. The molecular weight excluding hydrogens is 356 g/mol. The van der Waals surface area contributed by atoms with Crippen molar-refractivity contribution in [2.75, 3.05) is 16.0 Å². The van der Waals surface area contributed by atoms with Crippen LogP contribution in [0.15, 0.2) is 48.5 Å². The van der Waals surface area contributed by atoms with Gasteiger partial charge in [0.15, 0.2) is 0 Å². The summed E-state index contributed by atoms with van der Waals surface area (Å²) in [6.45, 7) is 8.06. The normalized spacial score (nSPS) is 17.0. The molecule has 5 heteroatoms. The summed E-state index contributed by atoms with van der Waals surface area (Å²) < 4.78 is 0. The minimum absolute atomic E-state index is 0.0000351. The zero-order valence-corrected chi connectivity index (χ0v) is 17.0. The summed E-state index contributed by atoms with van der Waals surface area (Å²) in [5, 5.41) is 2.86. The van der Waals surface area contributed by atoms with Crippen molar-refractivity contribution in [1.29, 1.82) is 0 Å². The van der Waals surface area contributed by atoms with Crippen molar-refractivity contribution in [3.05, 3.63) is 59.7 Å². The molecule has 142 valence electrons. The number of hydrogen-bond acceptors (Lipinski definition) is 3. The Kier molecular flexibility index (Phi) is 5.90. The van der Waals surface area contributed by atoms with Gasteiger partial charge in [0.1, 0.15) is 5.37 Å². The third-order valence-electron chi connectivity index (χ3n) is 4.69. The topological polar surface area (TPSA) is 49.4 Å². The Morgan fingerprint density at radius 2 is 1.67 bits per heavy atom. The van der Waals surface area contributed by atoms with Crippen LogP contribution in [0.5, 0.6) is 0 Å². The first kappa shape index (κ1) is 19.5. The van der Waals surface area contributed by atoms with E-state index in [-0.39, 0.29) is 23.1 Å². The molecule has 0 aliphatic carbocycles. The van der Waals surface area contributed by atoms with Crippen LogP contribution in [0.3, 0.4) is 0 Å². The number of carbonyl (C=O) groups is 2. The number of benzene rings is 2. The van der Waals surface area contributed by atoms with Crippen molar-refractivity contribution < 1.29 is 9.59 Å². The molecule has 1 atom stereocenters.